The van der Waals surface area contributed by atoms with E-state index in [1.54, 1.807) is 0 Å². The van der Waals surface area contributed by atoms with Gasteiger partial charge in [-0.15, -0.1) is 0 Å². The fraction of sp³-hybridized carbons (Fsp3) is 0.364. The standard InChI is InChI=1S/C11H10ClF4NO2/c1-2-19-10(18)11(15,16)9(17)7-6(13)4-3-5(12)8(7)14/h3-4,9H,2,17H2,1H3/t9-/m1/s1. The number of hydrogen-bond acceptors (Lipinski definition) is 3. The zero-order valence-electron chi connectivity index (χ0n) is 9.72. The lowest BCUT2D eigenvalue weighted by Crippen LogP contribution is -2.42. The van der Waals surface area contributed by atoms with Crippen LogP contribution in [0.1, 0.15) is 18.5 Å². The number of carbonyl (C=O) groups excluding carboxylic acids is 1. The molecule has 0 spiro atoms. The molecule has 3 nitrogen and oxygen atoms in total. The number of rotatable bonds is 4. The largest absolute Gasteiger partial charge is 0.462 e. The third kappa shape index (κ3) is 2.98. The van der Waals surface area contributed by atoms with Crippen LogP contribution in [-0.4, -0.2) is 18.5 Å². The van der Waals surface area contributed by atoms with Crippen molar-refractivity contribution in [2.24, 2.45) is 5.73 Å². The molecule has 0 fully saturated rings. The summed E-state index contributed by atoms with van der Waals surface area (Å²) in [6.07, 6.45) is 0. The summed E-state index contributed by atoms with van der Waals surface area (Å²) in [7, 11) is 0. The number of alkyl halides is 2. The van der Waals surface area contributed by atoms with Crippen LogP contribution < -0.4 is 5.73 Å². The normalized spacial score (nSPS) is 13.2. The van der Waals surface area contributed by atoms with Gasteiger partial charge in [0.05, 0.1) is 11.6 Å². The Labute approximate surface area is 111 Å². The van der Waals surface area contributed by atoms with Gasteiger partial charge in [-0.2, -0.15) is 8.78 Å². The molecule has 0 bridgehead atoms. The maximum absolute atomic E-state index is 13.6. The van der Waals surface area contributed by atoms with Crippen molar-refractivity contribution in [1.82, 2.24) is 0 Å². The Balaban J connectivity index is 3.23. The van der Waals surface area contributed by atoms with E-state index >= 15 is 0 Å². The quantitative estimate of drug-likeness (QED) is 0.528. The van der Waals surface area contributed by atoms with Crippen molar-refractivity contribution in [2.75, 3.05) is 6.61 Å². The highest BCUT2D eigenvalue weighted by Gasteiger charge is 2.49. The molecular formula is C11H10ClF4NO2. The van der Waals surface area contributed by atoms with Crippen LogP contribution in [0.15, 0.2) is 12.1 Å². The van der Waals surface area contributed by atoms with E-state index in [1.165, 1.54) is 6.92 Å². The van der Waals surface area contributed by atoms with Crippen molar-refractivity contribution < 1.29 is 27.1 Å². The van der Waals surface area contributed by atoms with Gasteiger partial charge >= 0.3 is 11.9 Å². The first-order valence-electron chi connectivity index (χ1n) is 5.17. The van der Waals surface area contributed by atoms with E-state index in [-0.39, 0.29) is 6.61 Å². The van der Waals surface area contributed by atoms with Crippen molar-refractivity contribution >= 4 is 17.6 Å². The molecule has 1 aromatic rings. The minimum Gasteiger partial charge on any atom is -0.462 e. The summed E-state index contributed by atoms with van der Waals surface area (Å²) in [5, 5.41) is -0.577. The minimum absolute atomic E-state index is 0.318. The summed E-state index contributed by atoms with van der Waals surface area (Å²) < 4.78 is 58.3. The van der Waals surface area contributed by atoms with Crippen molar-refractivity contribution in [1.29, 1.82) is 0 Å². The third-order valence-corrected chi connectivity index (χ3v) is 2.62. The Morgan fingerprint density at radius 1 is 1.47 bits per heavy atom. The average Bonchev–Trinajstić information content (AvgIpc) is 2.34. The molecule has 19 heavy (non-hydrogen) atoms. The molecule has 1 aromatic carbocycles. The zero-order chi connectivity index (χ0) is 14.8. The Bertz CT molecular complexity index is 496. The molecule has 0 saturated heterocycles. The van der Waals surface area contributed by atoms with E-state index in [0.29, 0.717) is 6.07 Å². The molecule has 0 aliphatic rings. The predicted octanol–water partition coefficient (Wildman–Crippen LogP) is 2.82. The molecule has 8 heteroatoms. The molecular weight excluding hydrogens is 290 g/mol. The summed E-state index contributed by atoms with van der Waals surface area (Å²) in [5.74, 6) is -8.99. The lowest BCUT2D eigenvalue weighted by atomic mass is 10.00. The molecule has 0 saturated carbocycles. The fourth-order valence-electron chi connectivity index (χ4n) is 1.36. The number of halogens is 5. The first kappa shape index (κ1) is 15.7. The Hall–Kier alpha value is -1.34. The van der Waals surface area contributed by atoms with Crippen molar-refractivity contribution in [3.8, 4) is 0 Å². The molecule has 0 aliphatic carbocycles. The van der Waals surface area contributed by atoms with Gasteiger partial charge < -0.3 is 10.5 Å². The summed E-state index contributed by atoms with van der Waals surface area (Å²) >= 11 is 5.36. The summed E-state index contributed by atoms with van der Waals surface area (Å²) in [6.45, 7) is 0.988. The number of benzene rings is 1. The SMILES string of the molecule is CCOC(=O)C(F)(F)[C@H](N)c1c(F)ccc(Cl)c1F. The molecule has 106 valence electrons. The van der Waals surface area contributed by atoms with Gasteiger partial charge in [-0.25, -0.2) is 13.6 Å². The smallest absolute Gasteiger partial charge is 0.379 e. The second-order valence-corrected chi connectivity index (χ2v) is 3.99. The van der Waals surface area contributed by atoms with Crippen LogP contribution in [0.25, 0.3) is 0 Å². The topological polar surface area (TPSA) is 52.3 Å². The number of hydrogen-bond donors (Lipinski definition) is 1. The highest BCUT2D eigenvalue weighted by Crippen LogP contribution is 2.35. The number of nitrogens with two attached hydrogens (primary N) is 1. The van der Waals surface area contributed by atoms with Gasteiger partial charge in [0.25, 0.3) is 0 Å². The molecule has 1 atom stereocenters. The molecule has 0 amide bonds. The number of esters is 1. The van der Waals surface area contributed by atoms with Crippen LogP contribution in [-0.2, 0) is 9.53 Å². The summed E-state index contributed by atoms with van der Waals surface area (Å²) in [5.41, 5.74) is 3.92. The van der Waals surface area contributed by atoms with Gasteiger partial charge in [0, 0.05) is 5.56 Å². The van der Waals surface area contributed by atoms with Gasteiger partial charge in [0.1, 0.15) is 17.7 Å². The lowest BCUT2D eigenvalue weighted by molar-refractivity contribution is -0.175. The van der Waals surface area contributed by atoms with Crippen LogP contribution in [0.5, 0.6) is 0 Å². The molecule has 0 radical (unpaired) electrons. The zero-order valence-corrected chi connectivity index (χ0v) is 10.5. The second kappa shape index (κ2) is 5.75. The van der Waals surface area contributed by atoms with Crippen LogP contribution >= 0.6 is 11.6 Å². The third-order valence-electron chi connectivity index (χ3n) is 2.33. The average molecular weight is 300 g/mol. The second-order valence-electron chi connectivity index (χ2n) is 3.58. The van der Waals surface area contributed by atoms with Gasteiger partial charge in [-0.1, -0.05) is 11.6 Å². The summed E-state index contributed by atoms with van der Waals surface area (Å²) in [4.78, 5) is 11.1. The Morgan fingerprint density at radius 3 is 2.58 bits per heavy atom. The van der Waals surface area contributed by atoms with Crippen molar-refractivity contribution in [3.05, 3.63) is 34.4 Å². The maximum atomic E-state index is 13.6. The monoisotopic (exact) mass is 299 g/mol. The van der Waals surface area contributed by atoms with Gasteiger partial charge in [-0.3, -0.25) is 0 Å². The fourth-order valence-corrected chi connectivity index (χ4v) is 1.53. The Kier molecular flexibility index (Phi) is 4.75. The lowest BCUT2D eigenvalue weighted by Gasteiger charge is -2.22. The van der Waals surface area contributed by atoms with Gasteiger partial charge in [-0.05, 0) is 19.1 Å². The first-order chi connectivity index (χ1) is 8.73. The minimum atomic E-state index is -4.28. The molecule has 0 aromatic heterocycles. The first-order valence-corrected chi connectivity index (χ1v) is 5.55. The summed E-state index contributed by atoms with van der Waals surface area (Å²) in [6, 6.07) is -1.00. The van der Waals surface area contributed by atoms with E-state index in [2.05, 4.69) is 4.74 Å². The van der Waals surface area contributed by atoms with Crippen LogP contribution in [0, 0.1) is 11.6 Å². The van der Waals surface area contributed by atoms with E-state index in [9.17, 15) is 22.4 Å². The van der Waals surface area contributed by atoms with Crippen LogP contribution in [0.4, 0.5) is 17.6 Å². The highest BCUT2D eigenvalue weighted by molar-refractivity contribution is 6.30. The predicted molar refractivity (Wildman–Crippen MR) is 59.9 cm³/mol. The van der Waals surface area contributed by atoms with Gasteiger partial charge in [0.2, 0.25) is 0 Å². The van der Waals surface area contributed by atoms with E-state index in [4.69, 9.17) is 17.3 Å². The molecule has 2 N–H and O–H groups in total. The van der Waals surface area contributed by atoms with E-state index in [1.807, 2.05) is 0 Å². The van der Waals surface area contributed by atoms with Crippen LogP contribution in [0.2, 0.25) is 5.02 Å². The number of ether oxygens (including phenoxy) is 1. The maximum Gasteiger partial charge on any atom is 0.379 e. The highest BCUT2D eigenvalue weighted by atomic mass is 35.5. The molecule has 0 aliphatic heterocycles. The van der Waals surface area contributed by atoms with E-state index < -0.39 is 40.2 Å². The van der Waals surface area contributed by atoms with E-state index in [0.717, 1.165) is 6.07 Å². The van der Waals surface area contributed by atoms with Crippen molar-refractivity contribution in [3.63, 3.8) is 0 Å². The Morgan fingerprint density at radius 2 is 2.05 bits per heavy atom. The molecule has 0 heterocycles. The van der Waals surface area contributed by atoms with Crippen molar-refractivity contribution in [2.45, 2.75) is 18.9 Å². The van der Waals surface area contributed by atoms with Crippen LogP contribution in [0.3, 0.4) is 0 Å². The molecule has 0 unspecified atom stereocenters. The molecule has 1 rings (SSSR count). The number of carbonyl (C=O) groups is 1. The van der Waals surface area contributed by atoms with Gasteiger partial charge in [0.15, 0.2) is 0 Å².